The Morgan fingerprint density at radius 2 is 1.42 bits per heavy atom. The number of hydrazine groups is 1. The van der Waals surface area contributed by atoms with Crippen LogP contribution in [0.2, 0.25) is 0 Å². The zero-order valence-electron chi connectivity index (χ0n) is 13.0. The van der Waals surface area contributed by atoms with Gasteiger partial charge in [-0.25, -0.2) is 0 Å². The Hall–Kier alpha value is -1.44. The summed E-state index contributed by atoms with van der Waals surface area (Å²) in [6.07, 6.45) is 4.14. The highest BCUT2D eigenvalue weighted by Gasteiger charge is 2.22. The highest BCUT2D eigenvalue weighted by molar-refractivity contribution is 5.54. The number of nitrogens with one attached hydrogen (secondary N) is 1. The van der Waals surface area contributed by atoms with Gasteiger partial charge in [0.05, 0.1) is 12.2 Å². The fraction of sp³-hybridized carbons (Fsp3) is 0.529. The van der Waals surface area contributed by atoms with Crippen LogP contribution in [-0.2, 0) is 10.8 Å². The van der Waals surface area contributed by atoms with Gasteiger partial charge in [0, 0.05) is 6.20 Å². The van der Waals surface area contributed by atoms with Crippen molar-refractivity contribution in [3.05, 3.63) is 41.6 Å². The molecule has 0 saturated carbocycles. The van der Waals surface area contributed by atoms with Crippen molar-refractivity contribution in [3.63, 3.8) is 0 Å². The van der Waals surface area contributed by atoms with Crippen molar-refractivity contribution in [2.75, 3.05) is 11.6 Å². The van der Waals surface area contributed by atoms with Gasteiger partial charge in [0.25, 0.3) is 0 Å². The molecule has 0 saturated heterocycles. The van der Waals surface area contributed by atoms with Crippen molar-refractivity contribution in [1.29, 1.82) is 0 Å². The van der Waals surface area contributed by atoms with Crippen LogP contribution in [0.15, 0.2) is 30.5 Å². The number of hydrogen-bond acceptors (Lipinski definition) is 2. The minimum Gasteiger partial charge on any atom is -0.306 e. The van der Waals surface area contributed by atoms with E-state index in [1.54, 1.807) is 0 Å². The van der Waals surface area contributed by atoms with Crippen LogP contribution in [0.5, 0.6) is 0 Å². The highest BCUT2D eigenvalue weighted by Crippen LogP contribution is 2.33. The lowest BCUT2D eigenvalue weighted by Crippen LogP contribution is -2.30. The third kappa shape index (κ3) is 3.12. The van der Waals surface area contributed by atoms with E-state index in [2.05, 4.69) is 76.3 Å². The molecule has 0 spiro atoms. The Morgan fingerprint density at radius 3 is 1.79 bits per heavy atom. The molecule has 2 nitrogen and oxygen atoms in total. The van der Waals surface area contributed by atoms with Gasteiger partial charge in [0.15, 0.2) is 0 Å². The lowest BCUT2D eigenvalue weighted by atomic mass is 9.80. The second-order valence-corrected chi connectivity index (χ2v) is 7.41. The number of benzene rings is 1. The van der Waals surface area contributed by atoms with Gasteiger partial charge in [-0.2, -0.15) is 0 Å². The molecule has 1 N–H and O–H groups in total. The summed E-state index contributed by atoms with van der Waals surface area (Å²) in [4.78, 5) is 0. The summed E-state index contributed by atoms with van der Waals surface area (Å²) in [5.74, 6) is 0. The zero-order valence-corrected chi connectivity index (χ0v) is 13.0. The first-order chi connectivity index (χ1) is 8.68. The fourth-order valence-electron chi connectivity index (χ4n) is 2.17. The summed E-state index contributed by atoms with van der Waals surface area (Å²) in [5, 5.41) is 2.18. The standard InChI is InChI=1S/C17H26N2/c1-16(2,3)13-10-14(17(4,5)6)12-15(11-13)19-9-7-8-18-19/h7-8,10-12,18H,9H2,1-6H3. The Balaban J connectivity index is 2.49. The molecule has 0 aromatic heterocycles. The Morgan fingerprint density at radius 1 is 0.895 bits per heavy atom. The minimum absolute atomic E-state index is 0.170. The number of nitrogens with zero attached hydrogens (tertiary/aromatic N) is 1. The molecule has 19 heavy (non-hydrogen) atoms. The lowest BCUT2D eigenvalue weighted by Gasteiger charge is -2.28. The Bertz CT molecular complexity index is 447. The highest BCUT2D eigenvalue weighted by atomic mass is 15.5. The number of rotatable bonds is 1. The molecular weight excluding hydrogens is 232 g/mol. The zero-order chi connectivity index (χ0) is 14.3. The van der Waals surface area contributed by atoms with E-state index in [1.165, 1.54) is 16.8 Å². The molecule has 1 aromatic carbocycles. The molecule has 1 heterocycles. The van der Waals surface area contributed by atoms with Gasteiger partial charge >= 0.3 is 0 Å². The summed E-state index contributed by atoms with van der Waals surface area (Å²) in [5.41, 5.74) is 7.66. The molecule has 0 amide bonds. The Kier molecular flexibility index (Phi) is 3.38. The second-order valence-electron chi connectivity index (χ2n) is 7.41. The molecule has 0 bridgehead atoms. The second kappa shape index (κ2) is 4.59. The van der Waals surface area contributed by atoms with Crippen LogP contribution in [0, 0.1) is 0 Å². The van der Waals surface area contributed by atoms with Gasteiger partial charge in [0.1, 0.15) is 0 Å². The molecule has 1 aliphatic rings. The van der Waals surface area contributed by atoms with E-state index in [4.69, 9.17) is 0 Å². The van der Waals surface area contributed by atoms with Crippen LogP contribution >= 0.6 is 0 Å². The van der Waals surface area contributed by atoms with Gasteiger partial charge < -0.3 is 5.43 Å². The smallest absolute Gasteiger partial charge is 0.0592 e. The predicted octanol–water partition coefficient (Wildman–Crippen LogP) is 4.12. The van der Waals surface area contributed by atoms with Crippen LogP contribution in [0.25, 0.3) is 0 Å². The van der Waals surface area contributed by atoms with Crippen LogP contribution in [0.1, 0.15) is 52.7 Å². The van der Waals surface area contributed by atoms with Crippen molar-refractivity contribution in [2.45, 2.75) is 52.4 Å². The van der Waals surface area contributed by atoms with Gasteiger partial charge in [-0.15, -0.1) is 0 Å². The molecule has 2 rings (SSSR count). The van der Waals surface area contributed by atoms with Crippen LogP contribution < -0.4 is 10.4 Å². The van der Waals surface area contributed by atoms with Crippen molar-refractivity contribution >= 4 is 5.69 Å². The minimum atomic E-state index is 0.170. The monoisotopic (exact) mass is 258 g/mol. The predicted molar refractivity (Wildman–Crippen MR) is 83.5 cm³/mol. The molecule has 0 atom stereocenters. The molecule has 0 aliphatic carbocycles. The topological polar surface area (TPSA) is 15.3 Å². The van der Waals surface area contributed by atoms with Gasteiger partial charge in [0.2, 0.25) is 0 Å². The Labute approximate surface area is 117 Å². The molecule has 1 aliphatic heterocycles. The van der Waals surface area contributed by atoms with Gasteiger partial charge in [-0.05, 0) is 40.2 Å². The maximum Gasteiger partial charge on any atom is 0.0592 e. The molecule has 0 fully saturated rings. The van der Waals surface area contributed by atoms with E-state index in [9.17, 15) is 0 Å². The first-order valence-electron chi connectivity index (χ1n) is 7.03. The summed E-state index contributed by atoms with van der Waals surface area (Å²) in [7, 11) is 0. The SMILES string of the molecule is CC(C)(C)c1cc(N2CC=CN2)cc(C(C)(C)C)c1. The molecule has 2 heteroatoms. The van der Waals surface area contributed by atoms with E-state index in [0.29, 0.717) is 0 Å². The van der Waals surface area contributed by atoms with Crippen LogP contribution in [0.3, 0.4) is 0 Å². The first kappa shape index (κ1) is 14.0. The normalized spacial score (nSPS) is 15.8. The molecular formula is C17H26N2. The lowest BCUT2D eigenvalue weighted by molar-refractivity contribution is 0.568. The van der Waals surface area contributed by atoms with E-state index in [0.717, 1.165) is 6.54 Å². The van der Waals surface area contributed by atoms with Crippen LogP contribution in [-0.4, -0.2) is 6.54 Å². The van der Waals surface area contributed by atoms with E-state index in [1.807, 2.05) is 6.20 Å². The third-order valence-corrected chi connectivity index (χ3v) is 3.60. The fourth-order valence-corrected chi connectivity index (χ4v) is 2.17. The van der Waals surface area contributed by atoms with E-state index < -0.39 is 0 Å². The maximum atomic E-state index is 3.28. The summed E-state index contributed by atoms with van der Waals surface area (Å²) >= 11 is 0. The summed E-state index contributed by atoms with van der Waals surface area (Å²) in [6.45, 7) is 14.6. The van der Waals surface area contributed by atoms with Gasteiger partial charge in [-0.3, -0.25) is 5.01 Å². The largest absolute Gasteiger partial charge is 0.306 e. The molecule has 0 radical (unpaired) electrons. The third-order valence-electron chi connectivity index (χ3n) is 3.60. The average Bonchev–Trinajstić information content (AvgIpc) is 2.79. The maximum absolute atomic E-state index is 3.28. The van der Waals surface area contributed by atoms with Gasteiger partial charge in [-0.1, -0.05) is 47.6 Å². The first-order valence-corrected chi connectivity index (χ1v) is 7.03. The summed E-state index contributed by atoms with van der Waals surface area (Å²) < 4.78 is 0. The molecule has 104 valence electrons. The van der Waals surface area contributed by atoms with Crippen molar-refractivity contribution in [3.8, 4) is 0 Å². The molecule has 1 aromatic rings. The van der Waals surface area contributed by atoms with E-state index in [-0.39, 0.29) is 10.8 Å². The quantitative estimate of drug-likeness (QED) is 0.815. The summed E-state index contributed by atoms with van der Waals surface area (Å²) in [6, 6.07) is 6.96. The molecule has 0 unspecified atom stereocenters. The van der Waals surface area contributed by atoms with Crippen molar-refractivity contribution < 1.29 is 0 Å². The van der Waals surface area contributed by atoms with Crippen LogP contribution in [0.4, 0.5) is 5.69 Å². The average molecular weight is 258 g/mol. The number of anilines is 1. The van der Waals surface area contributed by atoms with E-state index >= 15 is 0 Å². The number of hydrogen-bond donors (Lipinski definition) is 1. The van der Waals surface area contributed by atoms with Crippen molar-refractivity contribution in [1.82, 2.24) is 5.43 Å². The van der Waals surface area contributed by atoms with Crippen molar-refractivity contribution in [2.24, 2.45) is 0 Å².